The predicted molar refractivity (Wildman–Crippen MR) is 78.9 cm³/mol. The fraction of sp³-hybridized carbons (Fsp3) is 0.400. The van der Waals surface area contributed by atoms with E-state index in [0.29, 0.717) is 5.92 Å². The third-order valence-corrected chi connectivity index (χ3v) is 4.15. The zero-order chi connectivity index (χ0) is 13.1. The van der Waals surface area contributed by atoms with Gasteiger partial charge in [-0.15, -0.1) is 11.3 Å². The fourth-order valence-electron chi connectivity index (χ4n) is 1.82. The predicted octanol–water partition coefficient (Wildman–Crippen LogP) is 3.56. The summed E-state index contributed by atoms with van der Waals surface area (Å²) in [5, 5.41) is 3.32. The van der Waals surface area contributed by atoms with Gasteiger partial charge in [0.25, 0.3) is 0 Å². The summed E-state index contributed by atoms with van der Waals surface area (Å²) in [6, 6.07) is 6.51. The van der Waals surface area contributed by atoms with Gasteiger partial charge in [-0.3, -0.25) is 0 Å². The Morgan fingerprint density at radius 2 is 2.06 bits per heavy atom. The van der Waals surface area contributed by atoms with Gasteiger partial charge >= 0.3 is 0 Å². The molecule has 0 aliphatic rings. The van der Waals surface area contributed by atoms with E-state index in [-0.39, 0.29) is 0 Å². The maximum absolute atomic E-state index is 5.65. The van der Waals surface area contributed by atoms with Crippen molar-refractivity contribution in [2.45, 2.75) is 27.2 Å². The molecule has 1 aromatic heterocycles. The first-order chi connectivity index (χ1) is 8.60. The fourth-order valence-corrected chi connectivity index (χ4v) is 2.79. The van der Waals surface area contributed by atoms with Gasteiger partial charge in [0.1, 0.15) is 0 Å². The highest BCUT2D eigenvalue weighted by Gasteiger charge is 2.08. The van der Waals surface area contributed by atoms with Crippen molar-refractivity contribution >= 4 is 11.3 Å². The lowest BCUT2D eigenvalue weighted by Crippen LogP contribution is -2.12. The molecule has 2 aromatic rings. The summed E-state index contributed by atoms with van der Waals surface area (Å²) in [6.45, 7) is 7.16. The van der Waals surface area contributed by atoms with Crippen molar-refractivity contribution in [2.75, 3.05) is 6.54 Å². The number of nitrogens with zero attached hydrogens (tertiary/aromatic N) is 1. The molecular weight excluding hydrogens is 240 g/mol. The van der Waals surface area contributed by atoms with E-state index in [1.54, 1.807) is 11.3 Å². The van der Waals surface area contributed by atoms with Crippen molar-refractivity contribution in [1.29, 1.82) is 0 Å². The zero-order valence-corrected chi connectivity index (χ0v) is 12.1. The van der Waals surface area contributed by atoms with Gasteiger partial charge in [-0.05, 0) is 43.5 Å². The lowest BCUT2D eigenvalue weighted by atomic mass is 10.0. The van der Waals surface area contributed by atoms with Crippen LogP contribution < -0.4 is 5.73 Å². The molecule has 0 radical (unpaired) electrons. The smallest absolute Gasteiger partial charge is 0.0935 e. The molecule has 2 rings (SSSR count). The summed E-state index contributed by atoms with van der Waals surface area (Å²) >= 11 is 1.73. The third-order valence-electron chi connectivity index (χ3n) is 3.28. The molecule has 3 heteroatoms. The number of aryl methyl sites for hydroxylation is 2. The van der Waals surface area contributed by atoms with Crippen molar-refractivity contribution < 1.29 is 0 Å². The minimum atomic E-state index is 0.503. The first-order valence-electron chi connectivity index (χ1n) is 6.32. The number of thiazole rings is 1. The molecule has 0 fully saturated rings. The van der Waals surface area contributed by atoms with Crippen LogP contribution in [0.25, 0.3) is 11.3 Å². The molecule has 2 N–H and O–H groups in total. The van der Waals surface area contributed by atoms with Gasteiger partial charge in [0.05, 0.1) is 10.7 Å². The summed E-state index contributed by atoms with van der Waals surface area (Å²) in [7, 11) is 0. The van der Waals surface area contributed by atoms with Gasteiger partial charge in [0.15, 0.2) is 0 Å². The van der Waals surface area contributed by atoms with Crippen molar-refractivity contribution in [1.82, 2.24) is 4.98 Å². The normalized spacial score (nSPS) is 12.7. The lowest BCUT2D eigenvalue weighted by molar-refractivity contribution is 0.591. The van der Waals surface area contributed by atoms with E-state index in [9.17, 15) is 0 Å². The number of rotatable bonds is 4. The summed E-state index contributed by atoms with van der Waals surface area (Å²) in [4.78, 5) is 4.70. The Kier molecular flexibility index (Phi) is 4.15. The van der Waals surface area contributed by atoms with Crippen LogP contribution in [-0.4, -0.2) is 11.5 Å². The molecule has 0 aliphatic heterocycles. The van der Waals surface area contributed by atoms with Crippen LogP contribution in [0.5, 0.6) is 0 Å². The van der Waals surface area contributed by atoms with Gasteiger partial charge in [-0.2, -0.15) is 0 Å². The molecule has 0 saturated heterocycles. The highest BCUT2D eigenvalue weighted by molar-refractivity contribution is 7.09. The molecule has 96 valence electrons. The molecule has 0 aliphatic carbocycles. The first kappa shape index (κ1) is 13.2. The molecule has 0 spiro atoms. The number of nitrogens with two attached hydrogens (primary N) is 1. The molecule has 2 nitrogen and oxygen atoms in total. The maximum Gasteiger partial charge on any atom is 0.0935 e. The van der Waals surface area contributed by atoms with E-state index in [2.05, 4.69) is 44.4 Å². The van der Waals surface area contributed by atoms with Crippen LogP contribution in [-0.2, 0) is 6.42 Å². The van der Waals surface area contributed by atoms with Crippen molar-refractivity contribution in [2.24, 2.45) is 11.7 Å². The second-order valence-electron chi connectivity index (χ2n) is 4.97. The van der Waals surface area contributed by atoms with E-state index in [1.807, 2.05) is 0 Å². The average molecular weight is 260 g/mol. The van der Waals surface area contributed by atoms with Crippen LogP contribution in [0.1, 0.15) is 23.1 Å². The third kappa shape index (κ3) is 2.98. The van der Waals surface area contributed by atoms with E-state index in [1.165, 1.54) is 21.7 Å². The van der Waals surface area contributed by atoms with E-state index < -0.39 is 0 Å². The minimum Gasteiger partial charge on any atom is -0.330 e. The summed E-state index contributed by atoms with van der Waals surface area (Å²) in [5.41, 5.74) is 10.6. The van der Waals surface area contributed by atoms with Gasteiger partial charge in [0, 0.05) is 17.4 Å². The van der Waals surface area contributed by atoms with Crippen molar-refractivity contribution in [3.8, 4) is 11.3 Å². The molecule has 0 amide bonds. The molecule has 1 heterocycles. The Bertz CT molecular complexity index is 531. The van der Waals surface area contributed by atoms with E-state index >= 15 is 0 Å². The Labute approximate surface area is 113 Å². The summed E-state index contributed by atoms with van der Waals surface area (Å²) in [6.07, 6.45) is 0.978. The van der Waals surface area contributed by atoms with E-state index in [0.717, 1.165) is 18.7 Å². The largest absolute Gasteiger partial charge is 0.330 e. The summed E-state index contributed by atoms with van der Waals surface area (Å²) < 4.78 is 0. The van der Waals surface area contributed by atoms with Crippen LogP contribution in [0.4, 0.5) is 0 Å². The number of hydrogen-bond acceptors (Lipinski definition) is 3. The SMILES string of the molecule is Cc1ccc(-c2csc(CC(C)CN)n2)cc1C. The lowest BCUT2D eigenvalue weighted by Gasteiger charge is -2.04. The first-order valence-corrected chi connectivity index (χ1v) is 7.20. The summed E-state index contributed by atoms with van der Waals surface area (Å²) in [5.74, 6) is 0.503. The Morgan fingerprint density at radius 1 is 1.28 bits per heavy atom. The minimum absolute atomic E-state index is 0.503. The number of hydrogen-bond donors (Lipinski definition) is 1. The van der Waals surface area contributed by atoms with Crippen LogP contribution in [0.3, 0.4) is 0 Å². The second-order valence-corrected chi connectivity index (χ2v) is 5.91. The molecule has 1 unspecified atom stereocenters. The number of aromatic nitrogens is 1. The molecule has 0 bridgehead atoms. The van der Waals surface area contributed by atoms with Crippen LogP contribution in [0.2, 0.25) is 0 Å². The molecule has 1 aromatic carbocycles. The Balaban J connectivity index is 2.21. The maximum atomic E-state index is 5.65. The highest BCUT2D eigenvalue weighted by atomic mass is 32.1. The highest BCUT2D eigenvalue weighted by Crippen LogP contribution is 2.25. The Hall–Kier alpha value is -1.19. The van der Waals surface area contributed by atoms with Gasteiger partial charge in [-0.25, -0.2) is 4.98 Å². The van der Waals surface area contributed by atoms with Crippen LogP contribution in [0, 0.1) is 19.8 Å². The monoisotopic (exact) mass is 260 g/mol. The molecule has 18 heavy (non-hydrogen) atoms. The van der Waals surface area contributed by atoms with Crippen LogP contribution in [0.15, 0.2) is 23.6 Å². The van der Waals surface area contributed by atoms with Crippen LogP contribution >= 0.6 is 11.3 Å². The number of benzene rings is 1. The Morgan fingerprint density at radius 3 is 2.72 bits per heavy atom. The van der Waals surface area contributed by atoms with Gasteiger partial charge in [-0.1, -0.05) is 19.1 Å². The van der Waals surface area contributed by atoms with E-state index in [4.69, 9.17) is 10.7 Å². The van der Waals surface area contributed by atoms with Gasteiger partial charge < -0.3 is 5.73 Å². The molecule has 0 saturated carbocycles. The standard InChI is InChI=1S/C15H20N2S/c1-10(8-16)6-15-17-14(9-18-15)13-5-4-11(2)12(3)7-13/h4-5,7,9-10H,6,8,16H2,1-3H3. The zero-order valence-electron chi connectivity index (χ0n) is 11.2. The van der Waals surface area contributed by atoms with Gasteiger partial charge in [0.2, 0.25) is 0 Å². The average Bonchev–Trinajstić information content (AvgIpc) is 2.81. The van der Waals surface area contributed by atoms with Crippen molar-refractivity contribution in [3.63, 3.8) is 0 Å². The quantitative estimate of drug-likeness (QED) is 0.913. The molecular formula is C15H20N2S. The van der Waals surface area contributed by atoms with Crippen molar-refractivity contribution in [3.05, 3.63) is 39.7 Å². The second kappa shape index (κ2) is 5.63. The topological polar surface area (TPSA) is 38.9 Å². The molecule has 1 atom stereocenters.